The van der Waals surface area contributed by atoms with Crippen LogP contribution in [0.4, 0.5) is 5.69 Å². The lowest BCUT2D eigenvalue weighted by Crippen LogP contribution is -2.22. The normalized spacial score (nSPS) is 13.2. The fourth-order valence-corrected chi connectivity index (χ4v) is 3.72. The van der Waals surface area contributed by atoms with Gasteiger partial charge in [0.1, 0.15) is 0 Å². The highest BCUT2D eigenvalue weighted by atomic mass is 32.2. The molecule has 0 atom stereocenters. The Morgan fingerprint density at radius 2 is 1.96 bits per heavy atom. The Balaban J connectivity index is 1.37. The molecule has 2 N–H and O–H groups in total. The van der Waals surface area contributed by atoms with Gasteiger partial charge < -0.3 is 10.0 Å². The lowest BCUT2D eigenvalue weighted by atomic mass is 10.1. The van der Waals surface area contributed by atoms with E-state index in [1.165, 1.54) is 18.4 Å². The third-order valence-electron chi connectivity index (χ3n) is 4.88. The van der Waals surface area contributed by atoms with E-state index in [4.69, 9.17) is 0 Å². The predicted molar refractivity (Wildman–Crippen MR) is 114 cm³/mol. The molecule has 5 heteroatoms. The molecule has 28 heavy (non-hydrogen) atoms. The van der Waals surface area contributed by atoms with Gasteiger partial charge in [0.2, 0.25) is 0 Å². The molecule has 1 heterocycles. The van der Waals surface area contributed by atoms with Crippen molar-refractivity contribution in [1.82, 2.24) is 10.3 Å². The van der Waals surface area contributed by atoms with Crippen LogP contribution in [0.2, 0.25) is 0 Å². The molecule has 142 valence electrons. The topological polar surface area (TPSA) is 54.0 Å². The lowest BCUT2D eigenvalue weighted by Gasteiger charge is -2.11. The molecule has 1 aliphatic carbocycles. The third-order valence-corrected chi connectivity index (χ3v) is 5.71. The number of carbonyl (C=O) groups is 1. The van der Waals surface area contributed by atoms with E-state index in [0.29, 0.717) is 12.1 Å². The fraction of sp³-hybridized carbons (Fsp3) is 0.217. The molecule has 2 aromatic carbocycles. The number of carbonyl (C=O) groups excluding carboxylic acids is 1. The lowest BCUT2D eigenvalue weighted by molar-refractivity contribution is 0.0951. The average molecular weight is 390 g/mol. The molecule has 0 radical (unpaired) electrons. The van der Waals surface area contributed by atoms with Gasteiger partial charge in [-0.1, -0.05) is 24.3 Å². The minimum Gasteiger partial charge on any atom is -0.348 e. The van der Waals surface area contributed by atoms with Gasteiger partial charge >= 0.3 is 0 Å². The van der Waals surface area contributed by atoms with Crippen LogP contribution in [0.3, 0.4) is 0 Å². The Labute approximate surface area is 169 Å². The van der Waals surface area contributed by atoms with E-state index >= 15 is 0 Å². The number of anilines is 1. The van der Waals surface area contributed by atoms with E-state index in [9.17, 15) is 4.79 Å². The van der Waals surface area contributed by atoms with Gasteiger partial charge in [0, 0.05) is 35.1 Å². The Hall–Kier alpha value is -2.79. The van der Waals surface area contributed by atoms with Crippen LogP contribution < -0.4 is 10.0 Å². The highest BCUT2D eigenvalue weighted by Crippen LogP contribution is 2.40. The summed E-state index contributed by atoms with van der Waals surface area (Å²) in [5.41, 5.74) is 5.11. The Morgan fingerprint density at radius 1 is 1.14 bits per heavy atom. The third kappa shape index (κ3) is 4.73. The standard InChI is InChI=1S/C23H23N3OS/c1-16-4-5-20(23(27)25-15-17-3-2-12-24-14-17)13-22(16)26-28-21-10-8-19(9-11-21)18-6-7-18/h2-5,8-14,18,26H,6-7,15H2,1H3,(H,25,27). The van der Waals surface area contributed by atoms with Crippen LogP contribution in [-0.4, -0.2) is 10.9 Å². The van der Waals surface area contributed by atoms with Crippen LogP contribution in [0.5, 0.6) is 0 Å². The van der Waals surface area contributed by atoms with Crippen molar-refractivity contribution >= 4 is 23.5 Å². The van der Waals surface area contributed by atoms with E-state index in [0.717, 1.165) is 27.6 Å². The van der Waals surface area contributed by atoms with E-state index in [1.807, 2.05) is 37.3 Å². The van der Waals surface area contributed by atoms with Crippen LogP contribution in [0.25, 0.3) is 0 Å². The molecule has 1 saturated carbocycles. The molecule has 0 unspecified atom stereocenters. The molecular weight excluding hydrogens is 366 g/mol. The molecule has 0 spiro atoms. The number of hydrogen-bond donors (Lipinski definition) is 2. The van der Waals surface area contributed by atoms with E-state index in [2.05, 4.69) is 39.3 Å². The highest BCUT2D eigenvalue weighted by Gasteiger charge is 2.22. The number of rotatable bonds is 7. The van der Waals surface area contributed by atoms with E-state index in [1.54, 1.807) is 24.3 Å². The van der Waals surface area contributed by atoms with Gasteiger partial charge in [-0.05, 0) is 84.7 Å². The molecule has 1 aliphatic rings. The summed E-state index contributed by atoms with van der Waals surface area (Å²) >= 11 is 1.57. The first-order chi connectivity index (χ1) is 13.7. The first-order valence-electron chi connectivity index (χ1n) is 9.49. The van der Waals surface area contributed by atoms with Crippen molar-refractivity contribution < 1.29 is 4.79 Å². The fourth-order valence-electron chi connectivity index (χ4n) is 3.00. The summed E-state index contributed by atoms with van der Waals surface area (Å²) < 4.78 is 3.39. The molecule has 3 aromatic rings. The molecule has 4 nitrogen and oxygen atoms in total. The SMILES string of the molecule is Cc1ccc(C(=O)NCc2cccnc2)cc1NSc1ccc(C2CC2)cc1. The van der Waals surface area contributed by atoms with Crippen molar-refractivity contribution in [2.24, 2.45) is 0 Å². The zero-order chi connectivity index (χ0) is 19.3. The van der Waals surface area contributed by atoms with Gasteiger partial charge in [-0.3, -0.25) is 9.78 Å². The summed E-state index contributed by atoms with van der Waals surface area (Å²) in [7, 11) is 0. The average Bonchev–Trinajstić information content (AvgIpc) is 3.58. The summed E-state index contributed by atoms with van der Waals surface area (Å²) in [6.07, 6.45) is 6.12. The maximum atomic E-state index is 12.5. The van der Waals surface area contributed by atoms with Gasteiger partial charge in [0.25, 0.3) is 5.91 Å². The predicted octanol–water partition coefficient (Wildman–Crippen LogP) is 5.32. The molecule has 1 fully saturated rings. The number of aromatic nitrogens is 1. The quantitative estimate of drug-likeness (QED) is 0.537. The van der Waals surface area contributed by atoms with Gasteiger partial charge in [0.05, 0.1) is 0 Å². The van der Waals surface area contributed by atoms with Gasteiger partial charge in [-0.15, -0.1) is 0 Å². The second-order valence-electron chi connectivity index (χ2n) is 7.12. The number of benzene rings is 2. The first-order valence-corrected chi connectivity index (χ1v) is 10.3. The van der Waals surface area contributed by atoms with Gasteiger partial charge in [-0.25, -0.2) is 0 Å². The minimum atomic E-state index is -0.0920. The molecular formula is C23H23N3OS. The molecule has 0 aliphatic heterocycles. The highest BCUT2D eigenvalue weighted by molar-refractivity contribution is 8.00. The molecule has 0 bridgehead atoms. The van der Waals surface area contributed by atoms with Crippen molar-refractivity contribution in [2.45, 2.75) is 37.1 Å². The van der Waals surface area contributed by atoms with E-state index in [-0.39, 0.29) is 5.91 Å². The zero-order valence-corrected chi connectivity index (χ0v) is 16.6. The summed E-state index contributed by atoms with van der Waals surface area (Å²) in [4.78, 5) is 17.7. The van der Waals surface area contributed by atoms with Gasteiger partial charge in [0.15, 0.2) is 0 Å². The first kappa shape index (κ1) is 18.6. The Bertz CT molecular complexity index is 953. The van der Waals surface area contributed by atoms with Crippen molar-refractivity contribution in [3.63, 3.8) is 0 Å². The Kier molecular flexibility index (Phi) is 5.63. The van der Waals surface area contributed by atoms with Crippen LogP contribution in [0.1, 0.15) is 45.8 Å². The second kappa shape index (κ2) is 8.48. The summed E-state index contributed by atoms with van der Waals surface area (Å²) in [5, 5.41) is 2.94. The van der Waals surface area contributed by atoms with Crippen LogP contribution >= 0.6 is 11.9 Å². The second-order valence-corrected chi connectivity index (χ2v) is 8.00. The van der Waals surface area contributed by atoms with Crippen LogP contribution in [-0.2, 0) is 6.54 Å². The molecule has 1 aromatic heterocycles. The minimum absolute atomic E-state index is 0.0920. The summed E-state index contributed by atoms with van der Waals surface area (Å²) in [6.45, 7) is 2.50. The molecule has 1 amide bonds. The number of nitrogens with one attached hydrogen (secondary N) is 2. The van der Waals surface area contributed by atoms with E-state index < -0.39 is 0 Å². The number of aryl methyl sites for hydroxylation is 1. The largest absolute Gasteiger partial charge is 0.348 e. The number of hydrogen-bond acceptors (Lipinski definition) is 4. The van der Waals surface area contributed by atoms with Crippen LogP contribution in [0.15, 0.2) is 71.9 Å². The number of amides is 1. The van der Waals surface area contributed by atoms with Gasteiger partial charge in [-0.2, -0.15) is 0 Å². The van der Waals surface area contributed by atoms with Crippen molar-refractivity contribution in [1.29, 1.82) is 0 Å². The maximum absolute atomic E-state index is 12.5. The molecule has 0 saturated heterocycles. The van der Waals surface area contributed by atoms with Crippen molar-refractivity contribution in [3.8, 4) is 0 Å². The maximum Gasteiger partial charge on any atom is 0.251 e. The Morgan fingerprint density at radius 3 is 2.68 bits per heavy atom. The smallest absolute Gasteiger partial charge is 0.251 e. The monoisotopic (exact) mass is 389 g/mol. The zero-order valence-electron chi connectivity index (χ0n) is 15.8. The van der Waals surface area contributed by atoms with Crippen LogP contribution in [0, 0.1) is 6.92 Å². The number of pyridine rings is 1. The van der Waals surface area contributed by atoms with Crippen molar-refractivity contribution in [3.05, 3.63) is 89.2 Å². The van der Waals surface area contributed by atoms with Crippen molar-refractivity contribution in [2.75, 3.05) is 4.72 Å². The summed E-state index contributed by atoms with van der Waals surface area (Å²) in [6, 6.07) is 18.3. The molecule has 4 rings (SSSR count). The number of nitrogens with zero attached hydrogens (tertiary/aromatic N) is 1. The summed E-state index contributed by atoms with van der Waals surface area (Å²) in [5.74, 6) is 0.682.